The van der Waals surface area contributed by atoms with Crippen molar-refractivity contribution in [3.8, 4) is 0 Å². The van der Waals surface area contributed by atoms with E-state index >= 15 is 0 Å². The maximum absolute atomic E-state index is 10.9. The molecule has 1 aromatic carbocycles. The number of rotatable bonds is 5. The lowest BCUT2D eigenvalue weighted by atomic mass is 9.99. The van der Waals surface area contributed by atoms with Crippen molar-refractivity contribution < 1.29 is 19.6 Å². The largest absolute Gasteiger partial charge is 0.481 e. The van der Waals surface area contributed by atoms with Crippen molar-refractivity contribution in [1.82, 2.24) is 16.1 Å². The molecule has 9 nitrogen and oxygen atoms in total. The zero-order valence-electron chi connectivity index (χ0n) is 12.8. The van der Waals surface area contributed by atoms with E-state index in [9.17, 15) is 4.79 Å². The van der Waals surface area contributed by atoms with Gasteiger partial charge in [0.15, 0.2) is 0 Å². The first-order valence-electron chi connectivity index (χ1n) is 7.53. The normalized spacial score (nSPS) is 20.2. The van der Waals surface area contributed by atoms with Crippen LogP contribution in [0.1, 0.15) is 5.56 Å². The summed E-state index contributed by atoms with van der Waals surface area (Å²) in [6.45, 7) is 1.81. The Morgan fingerprint density at radius 2 is 1.88 bits per heavy atom. The van der Waals surface area contributed by atoms with Gasteiger partial charge in [0.25, 0.3) is 0 Å². The van der Waals surface area contributed by atoms with E-state index in [1.54, 1.807) is 34.9 Å². The van der Waals surface area contributed by atoms with Crippen LogP contribution in [0.15, 0.2) is 43.1 Å². The van der Waals surface area contributed by atoms with E-state index in [-0.39, 0.29) is 5.92 Å². The smallest absolute Gasteiger partial charge is 0.309 e. The molecule has 0 amide bonds. The number of benzene rings is 1. The highest BCUT2D eigenvalue weighted by Crippen LogP contribution is 2.30. The number of nitrogens with zero attached hydrogens (tertiary/aromatic N) is 3. The minimum Gasteiger partial charge on any atom is -0.481 e. The Labute approximate surface area is 138 Å². The summed E-state index contributed by atoms with van der Waals surface area (Å²) in [4.78, 5) is 23.1. The number of carbonyl (C=O) groups is 1. The molecule has 1 saturated heterocycles. The molecule has 3 aliphatic rings. The van der Waals surface area contributed by atoms with E-state index in [0.717, 1.165) is 16.9 Å². The van der Waals surface area contributed by atoms with Crippen LogP contribution >= 0.6 is 0 Å². The minimum absolute atomic E-state index is 0.267. The molecule has 0 bridgehead atoms. The van der Waals surface area contributed by atoms with Gasteiger partial charge in [-0.15, -0.1) is 0 Å². The Bertz CT molecular complexity index is 701. The molecule has 0 saturated carbocycles. The molecule has 0 aliphatic carbocycles. The van der Waals surface area contributed by atoms with E-state index in [1.165, 1.54) is 0 Å². The summed E-state index contributed by atoms with van der Waals surface area (Å²) >= 11 is 0. The Morgan fingerprint density at radius 3 is 2.50 bits per heavy atom. The first kappa shape index (κ1) is 14.8. The SMILES string of the molecule is O=C(O)C1CN(Cc2ccc(N3C=CON3)cc2N2C=CON2)C1. The van der Waals surface area contributed by atoms with Crippen LogP contribution in [0.2, 0.25) is 0 Å². The summed E-state index contributed by atoms with van der Waals surface area (Å²) in [6.07, 6.45) is 6.66. The van der Waals surface area contributed by atoms with E-state index in [1.807, 2.05) is 18.2 Å². The Morgan fingerprint density at radius 1 is 1.17 bits per heavy atom. The van der Waals surface area contributed by atoms with Crippen LogP contribution in [0.4, 0.5) is 11.4 Å². The molecule has 0 aromatic heterocycles. The molecule has 9 heteroatoms. The number of aliphatic carboxylic acids is 1. The highest BCUT2D eigenvalue weighted by Gasteiger charge is 2.33. The molecule has 3 N–H and O–H groups in total. The van der Waals surface area contributed by atoms with Gasteiger partial charge in [-0.1, -0.05) is 17.2 Å². The fourth-order valence-corrected chi connectivity index (χ4v) is 2.84. The minimum atomic E-state index is -0.730. The molecule has 24 heavy (non-hydrogen) atoms. The number of anilines is 2. The average Bonchev–Trinajstić information content (AvgIpc) is 3.23. The third-order valence-corrected chi connectivity index (χ3v) is 4.16. The van der Waals surface area contributed by atoms with Crippen molar-refractivity contribution in [1.29, 1.82) is 0 Å². The highest BCUT2D eigenvalue weighted by molar-refractivity contribution is 5.71. The van der Waals surface area contributed by atoms with Crippen LogP contribution < -0.4 is 21.2 Å². The van der Waals surface area contributed by atoms with Crippen LogP contribution in [0.25, 0.3) is 0 Å². The van der Waals surface area contributed by atoms with E-state index in [4.69, 9.17) is 14.8 Å². The lowest BCUT2D eigenvalue weighted by Crippen LogP contribution is -2.49. The van der Waals surface area contributed by atoms with Crippen molar-refractivity contribution in [2.24, 2.45) is 5.92 Å². The van der Waals surface area contributed by atoms with Gasteiger partial charge in [0, 0.05) is 19.6 Å². The number of nitrogens with one attached hydrogen (secondary N) is 2. The standard InChI is InChI=1S/C15H17N5O4/c21-15(22)12-9-18(10-12)8-11-1-2-13(19-3-5-23-16-19)7-14(11)20-4-6-24-17-20/h1-7,12,16-17H,8-10H2,(H,21,22). The maximum atomic E-state index is 10.9. The number of hydrazine groups is 2. The predicted octanol–water partition coefficient (Wildman–Crippen LogP) is 0.658. The third kappa shape index (κ3) is 2.75. The zero-order valence-corrected chi connectivity index (χ0v) is 12.8. The van der Waals surface area contributed by atoms with Gasteiger partial charge < -0.3 is 14.8 Å². The molecule has 3 aliphatic heterocycles. The monoisotopic (exact) mass is 331 g/mol. The molecule has 0 unspecified atom stereocenters. The predicted molar refractivity (Wildman–Crippen MR) is 84.5 cm³/mol. The summed E-state index contributed by atoms with van der Waals surface area (Å²) in [5.74, 6) is -0.997. The van der Waals surface area contributed by atoms with Crippen LogP contribution in [-0.2, 0) is 21.0 Å². The average molecular weight is 331 g/mol. The Balaban J connectivity index is 1.55. The fourth-order valence-electron chi connectivity index (χ4n) is 2.84. The van der Waals surface area contributed by atoms with Gasteiger partial charge in [-0.3, -0.25) is 9.69 Å². The lowest BCUT2D eigenvalue weighted by Gasteiger charge is -2.37. The van der Waals surface area contributed by atoms with Gasteiger partial charge in [0.2, 0.25) is 0 Å². The number of hydrogen-bond donors (Lipinski definition) is 3. The molecule has 126 valence electrons. The highest BCUT2D eigenvalue weighted by atomic mass is 16.7. The van der Waals surface area contributed by atoms with Crippen molar-refractivity contribution in [3.63, 3.8) is 0 Å². The third-order valence-electron chi connectivity index (χ3n) is 4.16. The topological polar surface area (TPSA) is 89.5 Å². The molecular formula is C15H17N5O4. The summed E-state index contributed by atoms with van der Waals surface area (Å²) in [6, 6.07) is 5.97. The molecule has 3 heterocycles. The second kappa shape index (κ2) is 6.04. The molecular weight excluding hydrogens is 314 g/mol. The van der Waals surface area contributed by atoms with Crippen LogP contribution in [0, 0.1) is 5.92 Å². The Hall–Kier alpha value is -2.75. The van der Waals surface area contributed by atoms with Crippen molar-refractivity contribution in [2.45, 2.75) is 6.54 Å². The van der Waals surface area contributed by atoms with Crippen molar-refractivity contribution in [2.75, 3.05) is 23.1 Å². The van der Waals surface area contributed by atoms with Gasteiger partial charge in [-0.25, -0.2) is 10.0 Å². The number of hydrogen-bond acceptors (Lipinski definition) is 8. The van der Waals surface area contributed by atoms with E-state index in [0.29, 0.717) is 19.6 Å². The maximum Gasteiger partial charge on any atom is 0.309 e. The van der Waals surface area contributed by atoms with Gasteiger partial charge in [0.05, 0.1) is 29.7 Å². The second-order valence-electron chi connectivity index (χ2n) is 5.77. The van der Waals surface area contributed by atoms with Gasteiger partial charge in [-0.05, 0) is 17.7 Å². The first-order chi connectivity index (χ1) is 11.7. The van der Waals surface area contributed by atoms with Gasteiger partial charge in [-0.2, -0.15) is 0 Å². The van der Waals surface area contributed by atoms with Crippen molar-refractivity contribution >= 4 is 17.3 Å². The van der Waals surface area contributed by atoms with Crippen LogP contribution in [0.5, 0.6) is 0 Å². The summed E-state index contributed by atoms with van der Waals surface area (Å²) in [5, 5.41) is 12.5. The summed E-state index contributed by atoms with van der Waals surface area (Å²) in [5.41, 5.74) is 8.42. The molecule has 0 radical (unpaired) electrons. The van der Waals surface area contributed by atoms with Gasteiger partial charge >= 0.3 is 5.97 Å². The van der Waals surface area contributed by atoms with E-state index in [2.05, 4.69) is 16.1 Å². The fraction of sp³-hybridized carbons (Fsp3) is 0.267. The summed E-state index contributed by atoms with van der Waals surface area (Å²) in [7, 11) is 0. The zero-order chi connectivity index (χ0) is 16.5. The first-order valence-corrected chi connectivity index (χ1v) is 7.53. The van der Waals surface area contributed by atoms with Crippen LogP contribution in [0.3, 0.4) is 0 Å². The quantitative estimate of drug-likeness (QED) is 0.720. The number of carboxylic acid groups (broad SMARTS) is 1. The lowest BCUT2D eigenvalue weighted by molar-refractivity contribution is -0.147. The molecule has 4 rings (SSSR count). The molecule has 0 spiro atoms. The molecule has 1 aromatic rings. The van der Waals surface area contributed by atoms with E-state index < -0.39 is 5.97 Å². The van der Waals surface area contributed by atoms with Gasteiger partial charge in [0.1, 0.15) is 12.5 Å². The van der Waals surface area contributed by atoms with Crippen molar-refractivity contribution in [3.05, 3.63) is 48.7 Å². The number of carboxylic acids is 1. The number of likely N-dealkylation sites (tertiary alicyclic amines) is 1. The Kier molecular flexibility index (Phi) is 3.73. The second-order valence-corrected chi connectivity index (χ2v) is 5.77. The summed E-state index contributed by atoms with van der Waals surface area (Å²) < 4.78 is 0. The molecule has 1 fully saturated rings. The van der Waals surface area contributed by atoms with Crippen LogP contribution in [-0.4, -0.2) is 29.1 Å². The molecule has 0 atom stereocenters.